The van der Waals surface area contributed by atoms with Crippen LogP contribution in [-0.2, 0) is 13.1 Å². The number of nitrogens with zero attached hydrogens (tertiary/aromatic N) is 2. The number of aliphatic hydroxyl groups excluding tert-OH is 1. The first-order valence-corrected chi connectivity index (χ1v) is 9.52. The summed E-state index contributed by atoms with van der Waals surface area (Å²) in [6, 6.07) is 14.3. The number of hydrogen-bond donors (Lipinski definition) is 1. The molecule has 2 heterocycles. The molecule has 6 heteroatoms. The zero-order valence-corrected chi connectivity index (χ0v) is 16.2. The average molecular weight is 394 g/mol. The molecule has 0 saturated carbocycles. The number of aliphatic hydroxyl groups is 1. The van der Waals surface area contributed by atoms with Crippen LogP contribution in [0.1, 0.15) is 28.4 Å². The fraction of sp³-hybridized carbons (Fsp3) is 0.261. The number of benzene rings is 2. The molecular formula is C23H23FN2O3. The van der Waals surface area contributed by atoms with Crippen LogP contribution in [0.2, 0.25) is 0 Å². The van der Waals surface area contributed by atoms with Crippen LogP contribution in [0.5, 0.6) is 11.5 Å². The Hall–Kier alpha value is -2.96. The maximum atomic E-state index is 14.4. The SMILES string of the molecule is COc1ccc(CN2CCOc3ccc(C(O)c4ccncc4)cc3C2)c(F)c1. The molecule has 150 valence electrons. The van der Waals surface area contributed by atoms with Crippen molar-refractivity contribution in [1.29, 1.82) is 0 Å². The van der Waals surface area contributed by atoms with Gasteiger partial charge in [-0.15, -0.1) is 0 Å². The lowest BCUT2D eigenvalue weighted by molar-refractivity contribution is 0.217. The lowest BCUT2D eigenvalue weighted by atomic mass is 10.00. The fourth-order valence-electron chi connectivity index (χ4n) is 3.54. The highest BCUT2D eigenvalue weighted by Crippen LogP contribution is 2.30. The Morgan fingerprint density at radius 3 is 2.72 bits per heavy atom. The topological polar surface area (TPSA) is 54.8 Å². The predicted molar refractivity (Wildman–Crippen MR) is 107 cm³/mol. The van der Waals surface area contributed by atoms with E-state index >= 15 is 0 Å². The number of fused-ring (bicyclic) bond motifs is 1. The van der Waals surface area contributed by atoms with Gasteiger partial charge in [0.2, 0.25) is 0 Å². The minimum Gasteiger partial charge on any atom is -0.497 e. The molecule has 1 unspecified atom stereocenters. The van der Waals surface area contributed by atoms with Crippen LogP contribution in [0.4, 0.5) is 4.39 Å². The zero-order chi connectivity index (χ0) is 20.2. The highest BCUT2D eigenvalue weighted by molar-refractivity contribution is 5.41. The Balaban J connectivity index is 1.55. The van der Waals surface area contributed by atoms with Gasteiger partial charge in [0, 0.05) is 49.2 Å². The molecular weight excluding hydrogens is 371 g/mol. The number of methoxy groups -OCH3 is 1. The summed E-state index contributed by atoms with van der Waals surface area (Å²) in [5.74, 6) is 1.02. The highest BCUT2D eigenvalue weighted by atomic mass is 19.1. The van der Waals surface area contributed by atoms with Gasteiger partial charge in [0.25, 0.3) is 0 Å². The number of ether oxygens (including phenoxy) is 2. The first-order valence-electron chi connectivity index (χ1n) is 9.52. The molecule has 0 spiro atoms. The van der Waals surface area contributed by atoms with Crippen molar-refractivity contribution in [2.75, 3.05) is 20.3 Å². The molecule has 29 heavy (non-hydrogen) atoms. The summed E-state index contributed by atoms with van der Waals surface area (Å²) in [6.07, 6.45) is 2.59. The van der Waals surface area contributed by atoms with E-state index in [2.05, 4.69) is 9.88 Å². The van der Waals surface area contributed by atoms with Crippen LogP contribution in [-0.4, -0.2) is 35.3 Å². The van der Waals surface area contributed by atoms with Crippen molar-refractivity contribution in [2.24, 2.45) is 0 Å². The van der Waals surface area contributed by atoms with Crippen LogP contribution in [0.15, 0.2) is 60.9 Å². The number of hydrogen-bond acceptors (Lipinski definition) is 5. The second kappa shape index (κ2) is 8.59. The Morgan fingerprint density at radius 2 is 1.97 bits per heavy atom. The Kier molecular flexibility index (Phi) is 5.74. The molecule has 1 N–H and O–H groups in total. The second-order valence-corrected chi connectivity index (χ2v) is 7.07. The molecule has 0 aliphatic carbocycles. The third-order valence-corrected chi connectivity index (χ3v) is 5.14. The smallest absolute Gasteiger partial charge is 0.131 e. The molecule has 0 bridgehead atoms. The van der Waals surface area contributed by atoms with Gasteiger partial charge in [0.05, 0.1) is 7.11 Å². The number of rotatable bonds is 5. The quantitative estimate of drug-likeness (QED) is 0.715. The van der Waals surface area contributed by atoms with E-state index < -0.39 is 6.10 Å². The maximum absolute atomic E-state index is 14.4. The zero-order valence-electron chi connectivity index (χ0n) is 16.2. The Bertz CT molecular complexity index is 981. The van der Waals surface area contributed by atoms with Gasteiger partial charge in [-0.2, -0.15) is 0 Å². The molecule has 0 saturated heterocycles. The van der Waals surface area contributed by atoms with Gasteiger partial charge < -0.3 is 14.6 Å². The normalized spacial score (nSPS) is 15.1. The molecule has 1 aromatic heterocycles. The lowest BCUT2D eigenvalue weighted by Crippen LogP contribution is -2.25. The molecule has 4 rings (SSSR count). The third kappa shape index (κ3) is 4.39. The van der Waals surface area contributed by atoms with Crippen molar-refractivity contribution in [3.8, 4) is 11.5 Å². The van der Waals surface area contributed by atoms with Gasteiger partial charge >= 0.3 is 0 Å². The van der Waals surface area contributed by atoms with E-state index in [1.807, 2.05) is 18.2 Å². The molecule has 0 amide bonds. The van der Waals surface area contributed by atoms with Gasteiger partial charge in [-0.3, -0.25) is 9.88 Å². The lowest BCUT2D eigenvalue weighted by Gasteiger charge is -2.20. The predicted octanol–water partition coefficient (Wildman–Crippen LogP) is 3.71. The summed E-state index contributed by atoms with van der Waals surface area (Å²) in [7, 11) is 1.52. The number of aromatic nitrogens is 1. The van der Waals surface area contributed by atoms with E-state index in [9.17, 15) is 9.50 Å². The molecule has 5 nitrogen and oxygen atoms in total. The molecule has 1 atom stereocenters. The first kappa shape index (κ1) is 19.4. The number of halogens is 1. The Labute approximate surface area is 169 Å². The van der Waals surface area contributed by atoms with Crippen LogP contribution in [0.25, 0.3) is 0 Å². The van der Waals surface area contributed by atoms with Crippen molar-refractivity contribution in [3.05, 3.63) is 89.0 Å². The second-order valence-electron chi connectivity index (χ2n) is 7.07. The summed E-state index contributed by atoms with van der Waals surface area (Å²) in [6.45, 7) is 2.28. The summed E-state index contributed by atoms with van der Waals surface area (Å²) >= 11 is 0. The summed E-state index contributed by atoms with van der Waals surface area (Å²) in [4.78, 5) is 6.13. The van der Waals surface area contributed by atoms with E-state index in [1.165, 1.54) is 13.2 Å². The average Bonchev–Trinajstić information content (AvgIpc) is 2.96. The van der Waals surface area contributed by atoms with Gasteiger partial charge in [-0.05, 0) is 41.5 Å². The van der Waals surface area contributed by atoms with Crippen LogP contribution < -0.4 is 9.47 Å². The van der Waals surface area contributed by atoms with E-state index in [0.717, 1.165) is 22.4 Å². The van der Waals surface area contributed by atoms with E-state index in [-0.39, 0.29) is 5.82 Å². The van der Waals surface area contributed by atoms with Crippen molar-refractivity contribution >= 4 is 0 Å². The molecule has 2 aromatic carbocycles. The number of pyridine rings is 1. The molecule has 1 aliphatic heterocycles. The molecule has 0 radical (unpaired) electrons. The molecule has 0 fully saturated rings. The summed E-state index contributed by atoms with van der Waals surface area (Å²) < 4.78 is 25.3. The van der Waals surface area contributed by atoms with Gasteiger partial charge in [0.1, 0.15) is 30.0 Å². The van der Waals surface area contributed by atoms with Crippen LogP contribution in [0.3, 0.4) is 0 Å². The summed E-state index contributed by atoms with van der Waals surface area (Å²) in [5, 5.41) is 10.7. The fourth-order valence-corrected chi connectivity index (χ4v) is 3.54. The molecule has 3 aromatic rings. The van der Waals surface area contributed by atoms with Crippen molar-refractivity contribution < 1.29 is 19.0 Å². The van der Waals surface area contributed by atoms with E-state index in [4.69, 9.17) is 9.47 Å². The maximum Gasteiger partial charge on any atom is 0.131 e. The first-order chi connectivity index (χ1) is 14.1. The third-order valence-electron chi connectivity index (χ3n) is 5.14. The minimum absolute atomic E-state index is 0.281. The van der Waals surface area contributed by atoms with Crippen LogP contribution in [0, 0.1) is 5.82 Å². The van der Waals surface area contributed by atoms with Gasteiger partial charge in [0.15, 0.2) is 0 Å². The van der Waals surface area contributed by atoms with Gasteiger partial charge in [-0.1, -0.05) is 12.1 Å². The van der Waals surface area contributed by atoms with Crippen LogP contribution >= 0.6 is 0 Å². The molecule has 1 aliphatic rings. The minimum atomic E-state index is -0.737. The highest BCUT2D eigenvalue weighted by Gasteiger charge is 2.19. The standard InChI is InChI=1S/C23H23FN2O3/c1-28-20-4-2-18(21(24)13-20)14-26-10-11-29-22-5-3-17(12-19(22)15-26)23(27)16-6-8-25-9-7-16/h2-9,12-13,23,27H,10-11,14-15H2,1H3. The summed E-state index contributed by atoms with van der Waals surface area (Å²) in [5.41, 5.74) is 3.16. The van der Waals surface area contributed by atoms with E-state index in [1.54, 1.807) is 36.7 Å². The van der Waals surface area contributed by atoms with Crippen molar-refractivity contribution in [1.82, 2.24) is 9.88 Å². The monoisotopic (exact) mass is 394 g/mol. The van der Waals surface area contributed by atoms with Crippen molar-refractivity contribution in [2.45, 2.75) is 19.2 Å². The largest absolute Gasteiger partial charge is 0.497 e. The Morgan fingerprint density at radius 1 is 1.14 bits per heavy atom. The van der Waals surface area contributed by atoms with Gasteiger partial charge in [-0.25, -0.2) is 4.39 Å². The van der Waals surface area contributed by atoms with E-state index in [0.29, 0.717) is 37.6 Å². The van der Waals surface area contributed by atoms with Crippen molar-refractivity contribution in [3.63, 3.8) is 0 Å².